The van der Waals surface area contributed by atoms with Crippen LogP contribution in [0.2, 0.25) is 0 Å². The van der Waals surface area contributed by atoms with Crippen LogP contribution in [0, 0.1) is 6.92 Å². The normalized spacial score (nSPS) is 14.3. The molecule has 0 saturated heterocycles. The molecule has 0 spiro atoms. The zero-order chi connectivity index (χ0) is 21.3. The number of benzene rings is 3. The molecule has 8 heteroatoms. The minimum Gasteiger partial charge on any atom is -0.457 e. The van der Waals surface area contributed by atoms with E-state index in [4.69, 9.17) is 4.74 Å². The van der Waals surface area contributed by atoms with E-state index < -0.39 is 28.4 Å². The van der Waals surface area contributed by atoms with E-state index in [9.17, 15) is 18.0 Å². The highest BCUT2D eigenvalue weighted by molar-refractivity contribution is 7.90. The maximum absolute atomic E-state index is 12.5. The molecule has 0 atom stereocenters. The molecule has 0 unspecified atom stereocenters. The number of hydrogen-bond donors (Lipinski definition) is 1. The van der Waals surface area contributed by atoms with E-state index >= 15 is 0 Å². The number of fused-ring (bicyclic) bond motifs is 1. The molecule has 1 heterocycles. The SMILES string of the molecule is Cc1ccc(Oc2ccc(NC(=O)CN3C(=O)c4ccccc4S3(=O)=O)cc2)cc1. The smallest absolute Gasteiger partial charge is 0.269 e. The molecule has 1 N–H and O–H groups in total. The third-order valence-corrected chi connectivity index (χ3v) is 6.38. The summed E-state index contributed by atoms with van der Waals surface area (Å²) in [6.45, 7) is 1.39. The second-order valence-electron chi connectivity index (χ2n) is 6.80. The van der Waals surface area contributed by atoms with Crippen molar-refractivity contribution < 1.29 is 22.7 Å². The lowest BCUT2D eigenvalue weighted by atomic mass is 10.2. The first kappa shape index (κ1) is 19.7. The second kappa shape index (κ2) is 7.64. The van der Waals surface area contributed by atoms with Crippen LogP contribution >= 0.6 is 0 Å². The lowest BCUT2D eigenvalue weighted by Gasteiger charge is -2.15. The standard InChI is InChI=1S/C22H18N2O5S/c1-15-6-10-17(11-7-15)29-18-12-8-16(9-13-18)23-21(25)14-24-22(26)19-4-2-3-5-20(19)30(24,27)28/h2-13H,14H2,1H3,(H,23,25). The second-order valence-corrected chi connectivity index (χ2v) is 8.63. The van der Waals surface area contributed by atoms with Crippen LogP contribution in [0.5, 0.6) is 11.5 Å². The number of amides is 2. The number of sulfonamides is 1. The third-order valence-electron chi connectivity index (χ3n) is 4.59. The molecule has 0 fully saturated rings. The summed E-state index contributed by atoms with van der Waals surface area (Å²) in [5, 5.41) is 2.60. The van der Waals surface area contributed by atoms with Gasteiger partial charge in [0.25, 0.3) is 15.9 Å². The maximum atomic E-state index is 12.5. The molecular formula is C22H18N2O5S. The predicted molar refractivity (Wildman–Crippen MR) is 111 cm³/mol. The van der Waals surface area contributed by atoms with Crippen LogP contribution < -0.4 is 10.1 Å². The van der Waals surface area contributed by atoms with Gasteiger partial charge in [0.15, 0.2) is 0 Å². The number of nitrogens with one attached hydrogen (secondary N) is 1. The first-order valence-corrected chi connectivity index (χ1v) is 10.6. The molecule has 0 saturated carbocycles. The average Bonchev–Trinajstić information content (AvgIpc) is 2.92. The Morgan fingerprint density at radius 1 is 0.933 bits per heavy atom. The number of carbonyl (C=O) groups excluding carboxylic acids is 2. The summed E-state index contributed by atoms with van der Waals surface area (Å²) in [5.74, 6) is -0.0474. The van der Waals surface area contributed by atoms with E-state index in [2.05, 4.69) is 5.32 Å². The van der Waals surface area contributed by atoms with Crippen LogP contribution in [0.4, 0.5) is 5.69 Å². The topological polar surface area (TPSA) is 92.8 Å². The largest absolute Gasteiger partial charge is 0.457 e. The predicted octanol–water partition coefficient (Wildman–Crippen LogP) is 3.57. The van der Waals surface area contributed by atoms with Crippen molar-refractivity contribution in [2.24, 2.45) is 0 Å². The fourth-order valence-corrected chi connectivity index (χ4v) is 4.59. The maximum Gasteiger partial charge on any atom is 0.269 e. The van der Waals surface area contributed by atoms with Crippen LogP contribution in [0.25, 0.3) is 0 Å². The summed E-state index contributed by atoms with van der Waals surface area (Å²) < 4.78 is 31.4. The quantitative estimate of drug-likeness (QED) is 0.679. The Kier molecular flexibility index (Phi) is 5.01. The van der Waals surface area contributed by atoms with Crippen molar-refractivity contribution in [2.45, 2.75) is 11.8 Å². The summed E-state index contributed by atoms with van der Waals surface area (Å²) in [6, 6.07) is 20.1. The summed E-state index contributed by atoms with van der Waals surface area (Å²) in [6.07, 6.45) is 0. The molecule has 0 bridgehead atoms. The number of anilines is 1. The van der Waals surface area contributed by atoms with E-state index in [1.54, 1.807) is 30.3 Å². The first-order valence-electron chi connectivity index (χ1n) is 9.15. The number of carbonyl (C=O) groups is 2. The number of aryl methyl sites for hydroxylation is 1. The summed E-state index contributed by atoms with van der Waals surface area (Å²) in [7, 11) is -4.02. The van der Waals surface area contributed by atoms with Gasteiger partial charge in [-0.15, -0.1) is 0 Å². The molecule has 3 aromatic rings. The molecule has 3 aromatic carbocycles. The Labute approximate surface area is 174 Å². The fraction of sp³-hybridized carbons (Fsp3) is 0.0909. The Morgan fingerprint density at radius 3 is 2.17 bits per heavy atom. The molecule has 0 aromatic heterocycles. The van der Waals surface area contributed by atoms with Crippen LogP contribution in [0.3, 0.4) is 0 Å². The number of rotatable bonds is 5. The van der Waals surface area contributed by atoms with Gasteiger partial charge >= 0.3 is 0 Å². The molecule has 4 rings (SSSR count). The van der Waals surface area contributed by atoms with Gasteiger partial charge in [0.2, 0.25) is 5.91 Å². The molecule has 0 aliphatic carbocycles. The van der Waals surface area contributed by atoms with Crippen molar-refractivity contribution in [1.82, 2.24) is 4.31 Å². The average molecular weight is 422 g/mol. The van der Waals surface area contributed by atoms with Gasteiger partial charge in [-0.25, -0.2) is 12.7 Å². The Bertz CT molecular complexity index is 1220. The minimum atomic E-state index is -4.02. The zero-order valence-electron chi connectivity index (χ0n) is 16.0. The Hall–Kier alpha value is -3.65. The number of nitrogens with zero attached hydrogens (tertiary/aromatic N) is 1. The first-order chi connectivity index (χ1) is 14.3. The van der Waals surface area contributed by atoms with E-state index in [1.807, 2.05) is 31.2 Å². The number of ether oxygens (including phenoxy) is 1. The monoisotopic (exact) mass is 422 g/mol. The molecular weight excluding hydrogens is 404 g/mol. The highest BCUT2D eigenvalue weighted by atomic mass is 32.2. The molecule has 0 radical (unpaired) electrons. The van der Waals surface area contributed by atoms with Crippen molar-refractivity contribution in [3.63, 3.8) is 0 Å². The van der Waals surface area contributed by atoms with Crippen molar-refractivity contribution >= 4 is 27.5 Å². The molecule has 1 aliphatic heterocycles. The highest BCUT2D eigenvalue weighted by Gasteiger charge is 2.41. The van der Waals surface area contributed by atoms with Crippen LogP contribution in [0.1, 0.15) is 15.9 Å². The van der Waals surface area contributed by atoms with Crippen LogP contribution in [-0.2, 0) is 14.8 Å². The van der Waals surface area contributed by atoms with Crippen molar-refractivity contribution in [3.05, 3.63) is 83.9 Å². The van der Waals surface area contributed by atoms with Crippen molar-refractivity contribution in [1.29, 1.82) is 0 Å². The molecule has 2 amide bonds. The molecule has 30 heavy (non-hydrogen) atoms. The lowest BCUT2D eigenvalue weighted by Crippen LogP contribution is -2.37. The Morgan fingerprint density at radius 2 is 1.53 bits per heavy atom. The van der Waals surface area contributed by atoms with E-state index in [1.165, 1.54) is 18.2 Å². The van der Waals surface area contributed by atoms with Gasteiger partial charge in [-0.1, -0.05) is 29.8 Å². The van der Waals surface area contributed by atoms with E-state index in [0.717, 1.165) is 5.56 Å². The van der Waals surface area contributed by atoms with Crippen LogP contribution in [-0.4, -0.2) is 31.1 Å². The zero-order valence-corrected chi connectivity index (χ0v) is 16.8. The van der Waals surface area contributed by atoms with Crippen molar-refractivity contribution in [2.75, 3.05) is 11.9 Å². The van der Waals surface area contributed by atoms with Gasteiger partial charge in [0, 0.05) is 5.69 Å². The van der Waals surface area contributed by atoms with Gasteiger partial charge in [-0.05, 0) is 55.5 Å². The minimum absolute atomic E-state index is 0.0721. The molecule has 1 aliphatic rings. The van der Waals surface area contributed by atoms with Gasteiger partial charge < -0.3 is 10.1 Å². The summed E-state index contributed by atoms with van der Waals surface area (Å²) >= 11 is 0. The van der Waals surface area contributed by atoms with Crippen LogP contribution in [0.15, 0.2) is 77.7 Å². The molecule has 7 nitrogen and oxygen atoms in total. The van der Waals surface area contributed by atoms with Gasteiger partial charge in [0.1, 0.15) is 22.9 Å². The fourth-order valence-electron chi connectivity index (χ4n) is 3.07. The van der Waals surface area contributed by atoms with Gasteiger partial charge in [-0.3, -0.25) is 9.59 Å². The molecule has 152 valence electrons. The van der Waals surface area contributed by atoms with Crippen molar-refractivity contribution in [3.8, 4) is 11.5 Å². The third kappa shape index (κ3) is 3.77. The Balaban J connectivity index is 1.41. The van der Waals surface area contributed by atoms with Gasteiger partial charge in [0.05, 0.1) is 5.56 Å². The van der Waals surface area contributed by atoms with E-state index in [0.29, 0.717) is 21.5 Å². The van der Waals surface area contributed by atoms with Gasteiger partial charge in [-0.2, -0.15) is 0 Å². The highest BCUT2D eigenvalue weighted by Crippen LogP contribution is 2.29. The number of hydrogen-bond acceptors (Lipinski definition) is 5. The lowest BCUT2D eigenvalue weighted by molar-refractivity contribution is -0.116. The van der Waals surface area contributed by atoms with E-state index in [-0.39, 0.29) is 10.5 Å². The summed E-state index contributed by atoms with van der Waals surface area (Å²) in [5.41, 5.74) is 1.66. The summed E-state index contributed by atoms with van der Waals surface area (Å²) in [4.78, 5) is 24.7.